The molecule has 0 fully saturated rings. The Morgan fingerprint density at radius 1 is 1.30 bits per heavy atom. The number of benzene rings is 1. The summed E-state index contributed by atoms with van der Waals surface area (Å²) in [5.74, 6) is 6.07. The summed E-state index contributed by atoms with van der Waals surface area (Å²) in [4.78, 5) is 8.76. The van der Waals surface area contributed by atoms with Gasteiger partial charge in [-0.15, -0.1) is 0 Å². The van der Waals surface area contributed by atoms with Gasteiger partial charge in [0, 0.05) is 24.7 Å². The van der Waals surface area contributed by atoms with Crippen molar-refractivity contribution >= 4 is 16.9 Å². The second kappa shape index (κ2) is 7.45. The first kappa shape index (κ1) is 14.3. The highest BCUT2D eigenvalue weighted by molar-refractivity contribution is 5.82. The number of para-hydroxylation sites is 1. The lowest BCUT2D eigenvalue weighted by atomic mass is 10.1. The van der Waals surface area contributed by atoms with Crippen LogP contribution in [-0.2, 0) is 6.42 Å². The van der Waals surface area contributed by atoms with Gasteiger partial charge in [0.05, 0.1) is 5.52 Å². The summed E-state index contributed by atoms with van der Waals surface area (Å²) in [6.07, 6.45) is 3.70. The molecule has 0 bridgehead atoms. The molecule has 0 unspecified atom stereocenters. The molecule has 2 rings (SSSR count). The summed E-state index contributed by atoms with van der Waals surface area (Å²) < 4.78 is 0. The van der Waals surface area contributed by atoms with Gasteiger partial charge in [-0.2, -0.15) is 0 Å². The number of fused-ring (bicyclic) bond motifs is 1. The third-order valence-corrected chi connectivity index (χ3v) is 3.03. The van der Waals surface area contributed by atoms with E-state index in [0.717, 1.165) is 31.4 Å². The predicted octanol–water partition coefficient (Wildman–Crippen LogP) is 1.60. The van der Waals surface area contributed by atoms with Crippen molar-refractivity contribution in [2.45, 2.75) is 19.8 Å². The van der Waals surface area contributed by atoms with Gasteiger partial charge in [-0.25, -0.2) is 5.84 Å². The maximum atomic E-state index is 5.43. The van der Waals surface area contributed by atoms with Crippen LogP contribution in [0.2, 0.25) is 0 Å². The lowest BCUT2D eigenvalue weighted by Crippen LogP contribution is -2.42. The minimum atomic E-state index is 0.639. The Kier molecular flexibility index (Phi) is 5.32. The molecule has 0 aliphatic rings. The van der Waals surface area contributed by atoms with Crippen LogP contribution in [0, 0.1) is 0 Å². The van der Waals surface area contributed by atoms with Crippen LogP contribution < -0.4 is 16.6 Å². The van der Waals surface area contributed by atoms with Crippen molar-refractivity contribution in [1.29, 1.82) is 0 Å². The van der Waals surface area contributed by atoms with Crippen LogP contribution in [0.15, 0.2) is 41.5 Å². The molecule has 0 aliphatic carbocycles. The van der Waals surface area contributed by atoms with Crippen molar-refractivity contribution in [3.05, 3.63) is 42.1 Å². The number of aromatic nitrogens is 1. The lowest BCUT2D eigenvalue weighted by Gasteiger charge is -2.10. The first-order valence-electron chi connectivity index (χ1n) is 6.92. The molecule has 4 N–H and O–H groups in total. The second-order valence-corrected chi connectivity index (χ2v) is 4.54. The first-order valence-corrected chi connectivity index (χ1v) is 6.92. The molecule has 0 atom stereocenters. The van der Waals surface area contributed by atoms with Crippen LogP contribution >= 0.6 is 0 Å². The maximum Gasteiger partial charge on any atom is 0.205 e. The number of nitrogens with one attached hydrogen (secondary N) is 2. The van der Waals surface area contributed by atoms with Gasteiger partial charge in [-0.05, 0) is 24.5 Å². The van der Waals surface area contributed by atoms with Crippen LogP contribution in [-0.4, -0.2) is 24.0 Å². The molecule has 0 saturated heterocycles. The van der Waals surface area contributed by atoms with Gasteiger partial charge in [-0.1, -0.05) is 31.2 Å². The van der Waals surface area contributed by atoms with Gasteiger partial charge < -0.3 is 5.32 Å². The normalized spacial score (nSPS) is 11.6. The number of aliphatic imine (C=N–C) groups is 1. The monoisotopic (exact) mass is 271 g/mol. The predicted molar refractivity (Wildman–Crippen MR) is 83.4 cm³/mol. The van der Waals surface area contributed by atoms with E-state index in [0.29, 0.717) is 5.96 Å². The highest BCUT2D eigenvalue weighted by Gasteiger charge is 2.02. The Bertz CT molecular complexity index is 574. The van der Waals surface area contributed by atoms with E-state index in [9.17, 15) is 0 Å². The molecule has 5 heteroatoms. The summed E-state index contributed by atoms with van der Waals surface area (Å²) in [5, 5.41) is 4.37. The van der Waals surface area contributed by atoms with Gasteiger partial charge in [0.15, 0.2) is 0 Å². The van der Waals surface area contributed by atoms with Gasteiger partial charge >= 0.3 is 0 Å². The molecule has 5 nitrogen and oxygen atoms in total. The summed E-state index contributed by atoms with van der Waals surface area (Å²) in [6.45, 7) is 3.62. The molecule has 1 heterocycles. The third kappa shape index (κ3) is 3.68. The molecular formula is C15H21N5. The lowest BCUT2D eigenvalue weighted by molar-refractivity contribution is 0.801. The number of hydrogen-bond acceptors (Lipinski definition) is 3. The van der Waals surface area contributed by atoms with Gasteiger partial charge in [-0.3, -0.25) is 15.4 Å². The Balaban J connectivity index is 1.99. The molecule has 0 amide bonds. The van der Waals surface area contributed by atoms with E-state index in [2.05, 4.69) is 51.9 Å². The molecule has 1 aromatic carbocycles. The molecular weight excluding hydrogens is 250 g/mol. The fourth-order valence-electron chi connectivity index (χ4n) is 2.06. The average molecular weight is 271 g/mol. The maximum absolute atomic E-state index is 5.43. The highest BCUT2D eigenvalue weighted by Crippen LogP contribution is 2.15. The zero-order valence-corrected chi connectivity index (χ0v) is 11.8. The summed E-state index contributed by atoms with van der Waals surface area (Å²) >= 11 is 0. The van der Waals surface area contributed by atoms with E-state index >= 15 is 0 Å². The minimum Gasteiger partial charge on any atom is -0.355 e. The Hall–Kier alpha value is -2.14. The van der Waals surface area contributed by atoms with Crippen molar-refractivity contribution in [2.75, 3.05) is 13.1 Å². The Morgan fingerprint density at radius 2 is 2.15 bits per heavy atom. The largest absolute Gasteiger partial charge is 0.355 e. The molecule has 0 saturated carbocycles. The summed E-state index contributed by atoms with van der Waals surface area (Å²) in [7, 11) is 0. The molecule has 1 aromatic heterocycles. The number of rotatable bonds is 5. The Morgan fingerprint density at radius 3 is 2.95 bits per heavy atom. The van der Waals surface area contributed by atoms with Crippen molar-refractivity contribution < 1.29 is 0 Å². The van der Waals surface area contributed by atoms with Crippen molar-refractivity contribution in [1.82, 2.24) is 15.7 Å². The molecule has 2 aromatic rings. The van der Waals surface area contributed by atoms with Crippen LogP contribution in [0.5, 0.6) is 0 Å². The van der Waals surface area contributed by atoms with Crippen molar-refractivity contribution in [3.63, 3.8) is 0 Å². The number of hydrogen-bond donors (Lipinski definition) is 3. The molecule has 0 spiro atoms. The zero-order valence-electron chi connectivity index (χ0n) is 11.8. The van der Waals surface area contributed by atoms with E-state index in [4.69, 9.17) is 5.84 Å². The number of nitrogens with zero attached hydrogens (tertiary/aromatic N) is 2. The molecule has 0 aliphatic heterocycles. The number of guanidine groups is 1. The van der Waals surface area contributed by atoms with Gasteiger partial charge in [0.25, 0.3) is 0 Å². The standard InChI is InChI=1S/C15H21N5/c1-2-9-18-15(20-16)19-11-8-13-6-3-5-12-7-4-10-17-14(12)13/h3-7,10H,2,8-9,11,16H2,1H3,(H2,18,19,20). The zero-order chi connectivity index (χ0) is 14.2. The second-order valence-electron chi connectivity index (χ2n) is 4.54. The highest BCUT2D eigenvalue weighted by atomic mass is 15.3. The smallest absolute Gasteiger partial charge is 0.205 e. The van der Waals surface area contributed by atoms with E-state index in [1.54, 1.807) is 0 Å². The molecule has 106 valence electrons. The summed E-state index contributed by atoms with van der Waals surface area (Å²) in [6, 6.07) is 10.3. The quantitative estimate of drug-likeness (QED) is 0.334. The van der Waals surface area contributed by atoms with E-state index in [-0.39, 0.29) is 0 Å². The minimum absolute atomic E-state index is 0.639. The van der Waals surface area contributed by atoms with Crippen LogP contribution in [0.1, 0.15) is 18.9 Å². The van der Waals surface area contributed by atoms with E-state index < -0.39 is 0 Å². The van der Waals surface area contributed by atoms with Gasteiger partial charge in [0.1, 0.15) is 0 Å². The van der Waals surface area contributed by atoms with Crippen LogP contribution in [0.4, 0.5) is 0 Å². The van der Waals surface area contributed by atoms with Crippen LogP contribution in [0.3, 0.4) is 0 Å². The topological polar surface area (TPSA) is 75.3 Å². The molecule has 20 heavy (non-hydrogen) atoms. The molecule has 0 radical (unpaired) electrons. The Labute approximate surface area is 119 Å². The average Bonchev–Trinajstić information content (AvgIpc) is 2.51. The number of hydrazine groups is 1. The number of pyridine rings is 1. The third-order valence-electron chi connectivity index (χ3n) is 3.03. The first-order chi connectivity index (χ1) is 9.85. The number of nitrogens with two attached hydrogens (primary N) is 1. The van der Waals surface area contributed by atoms with Crippen molar-refractivity contribution in [3.8, 4) is 0 Å². The fourth-order valence-corrected chi connectivity index (χ4v) is 2.06. The SMILES string of the molecule is CCCN=C(NN)NCCc1cccc2cccnc12. The van der Waals surface area contributed by atoms with Crippen molar-refractivity contribution in [2.24, 2.45) is 10.8 Å². The summed E-state index contributed by atoms with van der Waals surface area (Å²) in [5.41, 5.74) is 4.87. The van der Waals surface area contributed by atoms with Gasteiger partial charge in [0.2, 0.25) is 5.96 Å². The van der Waals surface area contributed by atoms with E-state index in [1.165, 1.54) is 10.9 Å². The van der Waals surface area contributed by atoms with Crippen LogP contribution in [0.25, 0.3) is 10.9 Å². The van der Waals surface area contributed by atoms with E-state index in [1.807, 2.05) is 12.3 Å². The fraction of sp³-hybridized carbons (Fsp3) is 0.333.